The lowest BCUT2D eigenvalue weighted by Gasteiger charge is -2.10. The second-order valence-corrected chi connectivity index (χ2v) is 4.23. The Labute approximate surface area is 117 Å². The molecule has 5 nitrogen and oxygen atoms in total. The first-order chi connectivity index (χ1) is 9.66. The van der Waals surface area contributed by atoms with Crippen LogP contribution in [0.25, 0.3) is 0 Å². The Morgan fingerprint density at radius 3 is 2.65 bits per heavy atom. The molecule has 0 unspecified atom stereocenters. The molecule has 0 aliphatic rings. The fourth-order valence-corrected chi connectivity index (χ4v) is 1.76. The predicted octanol–water partition coefficient (Wildman–Crippen LogP) is 3.02. The molecule has 1 heterocycles. The summed E-state index contributed by atoms with van der Waals surface area (Å²) in [4.78, 5) is 8.17. The van der Waals surface area contributed by atoms with Crippen LogP contribution >= 0.6 is 0 Å². The van der Waals surface area contributed by atoms with Crippen molar-refractivity contribution in [1.82, 2.24) is 9.97 Å². The summed E-state index contributed by atoms with van der Waals surface area (Å²) in [5, 5.41) is 8.90. The third kappa shape index (κ3) is 3.04. The number of ether oxygens (including phenoxy) is 2. The Hall–Kier alpha value is -2.61. The van der Waals surface area contributed by atoms with Gasteiger partial charge in [-0.15, -0.1) is 0 Å². The van der Waals surface area contributed by atoms with Crippen molar-refractivity contribution in [1.29, 1.82) is 5.26 Å². The zero-order valence-electron chi connectivity index (χ0n) is 11.7. The first-order valence-electron chi connectivity index (χ1n) is 6.26. The highest BCUT2D eigenvalue weighted by molar-refractivity contribution is 5.44. The first-order valence-corrected chi connectivity index (χ1v) is 6.26. The Bertz CT molecular complexity index is 663. The quantitative estimate of drug-likeness (QED) is 0.853. The number of hydrogen-bond acceptors (Lipinski definition) is 5. The normalized spacial score (nSPS) is 9.90. The molecule has 0 radical (unpaired) electrons. The van der Waals surface area contributed by atoms with E-state index < -0.39 is 0 Å². The van der Waals surface area contributed by atoms with Crippen LogP contribution in [0.3, 0.4) is 0 Å². The van der Waals surface area contributed by atoms with Crippen LogP contribution in [0.4, 0.5) is 0 Å². The lowest BCUT2D eigenvalue weighted by atomic mass is 10.1. The van der Waals surface area contributed by atoms with Gasteiger partial charge in [0.1, 0.15) is 11.8 Å². The van der Waals surface area contributed by atoms with Crippen LogP contribution in [-0.2, 0) is 6.42 Å². The fraction of sp³-hybridized carbons (Fsp3) is 0.267. The maximum Gasteiger partial charge on any atom is 0.323 e. The smallest absolute Gasteiger partial charge is 0.323 e. The van der Waals surface area contributed by atoms with Gasteiger partial charge in [0.15, 0.2) is 11.5 Å². The van der Waals surface area contributed by atoms with Gasteiger partial charge >= 0.3 is 6.01 Å². The van der Waals surface area contributed by atoms with Crippen LogP contribution in [0.1, 0.15) is 23.9 Å². The summed E-state index contributed by atoms with van der Waals surface area (Å²) < 4.78 is 10.9. The number of benzene rings is 1. The van der Waals surface area contributed by atoms with Gasteiger partial charge in [-0.3, -0.25) is 0 Å². The topological polar surface area (TPSA) is 68.0 Å². The molecular formula is C15H15N3O2. The number of methoxy groups -OCH3 is 1. The van der Waals surface area contributed by atoms with Crippen molar-refractivity contribution in [2.45, 2.75) is 20.3 Å². The van der Waals surface area contributed by atoms with Crippen LogP contribution in [0.2, 0.25) is 0 Å². The van der Waals surface area contributed by atoms with Crippen molar-refractivity contribution < 1.29 is 9.47 Å². The van der Waals surface area contributed by atoms with Crippen LogP contribution in [0, 0.1) is 18.3 Å². The average Bonchev–Trinajstić information content (AvgIpc) is 2.47. The van der Waals surface area contributed by atoms with Crippen molar-refractivity contribution in [2.75, 3.05) is 7.11 Å². The second kappa shape index (κ2) is 6.02. The van der Waals surface area contributed by atoms with E-state index in [0.29, 0.717) is 17.2 Å². The molecule has 2 aromatic rings. The van der Waals surface area contributed by atoms with E-state index >= 15 is 0 Å². The predicted molar refractivity (Wildman–Crippen MR) is 73.9 cm³/mol. The van der Waals surface area contributed by atoms with Gasteiger partial charge in [0.05, 0.1) is 7.11 Å². The molecule has 0 amide bonds. The standard InChI is InChI=1S/C15H15N3O2/c1-4-11-5-6-13(14(8-11)19-3)20-15-17-10(2)7-12(9-16)18-15/h5-8H,4H2,1-3H3. The second-order valence-electron chi connectivity index (χ2n) is 4.23. The molecule has 0 N–H and O–H groups in total. The molecular weight excluding hydrogens is 254 g/mol. The van der Waals surface area contributed by atoms with Crippen molar-refractivity contribution in [3.63, 3.8) is 0 Å². The van der Waals surface area contributed by atoms with E-state index in [9.17, 15) is 0 Å². The van der Waals surface area contributed by atoms with Gasteiger partial charge in [-0.2, -0.15) is 10.2 Å². The van der Waals surface area contributed by atoms with Crippen molar-refractivity contribution in [3.05, 3.63) is 41.2 Å². The molecule has 0 atom stereocenters. The number of hydrogen-bond donors (Lipinski definition) is 0. The maximum atomic E-state index is 8.90. The first kappa shape index (κ1) is 13.8. The number of nitrogens with zero attached hydrogens (tertiary/aromatic N) is 3. The largest absolute Gasteiger partial charge is 0.493 e. The van der Waals surface area contributed by atoms with Crippen LogP contribution in [-0.4, -0.2) is 17.1 Å². The highest BCUT2D eigenvalue weighted by Crippen LogP contribution is 2.31. The van der Waals surface area contributed by atoms with Gasteiger partial charge in [0.2, 0.25) is 0 Å². The Kier molecular flexibility index (Phi) is 4.16. The molecule has 0 saturated carbocycles. The summed E-state index contributed by atoms with van der Waals surface area (Å²) in [6.07, 6.45) is 0.913. The third-order valence-electron chi connectivity index (χ3n) is 2.79. The van der Waals surface area contributed by atoms with E-state index in [1.54, 1.807) is 20.1 Å². The van der Waals surface area contributed by atoms with Crippen LogP contribution in [0.15, 0.2) is 24.3 Å². The molecule has 20 heavy (non-hydrogen) atoms. The zero-order valence-corrected chi connectivity index (χ0v) is 11.7. The van der Waals surface area contributed by atoms with Gasteiger partial charge in [0.25, 0.3) is 0 Å². The van der Waals surface area contributed by atoms with E-state index in [1.165, 1.54) is 0 Å². The highest BCUT2D eigenvalue weighted by atomic mass is 16.5. The zero-order chi connectivity index (χ0) is 14.5. The molecule has 0 aliphatic heterocycles. The Morgan fingerprint density at radius 1 is 1.20 bits per heavy atom. The molecule has 2 rings (SSSR count). The summed E-state index contributed by atoms with van der Waals surface area (Å²) in [5.74, 6) is 1.15. The highest BCUT2D eigenvalue weighted by Gasteiger charge is 2.09. The van der Waals surface area contributed by atoms with E-state index in [1.807, 2.05) is 24.3 Å². The Balaban J connectivity index is 2.35. The summed E-state index contributed by atoms with van der Waals surface area (Å²) >= 11 is 0. The Morgan fingerprint density at radius 2 is 2.00 bits per heavy atom. The van der Waals surface area contributed by atoms with Crippen molar-refractivity contribution >= 4 is 0 Å². The summed E-state index contributed by atoms with van der Waals surface area (Å²) in [5.41, 5.74) is 2.10. The maximum absolute atomic E-state index is 8.90. The van der Waals surface area contributed by atoms with E-state index in [2.05, 4.69) is 16.9 Å². The number of nitriles is 1. The lowest BCUT2D eigenvalue weighted by Crippen LogP contribution is -1.98. The summed E-state index contributed by atoms with van der Waals surface area (Å²) in [7, 11) is 1.58. The van der Waals surface area contributed by atoms with Crippen LogP contribution < -0.4 is 9.47 Å². The van der Waals surface area contributed by atoms with Gasteiger partial charge < -0.3 is 9.47 Å². The third-order valence-corrected chi connectivity index (χ3v) is 2.79. The van der Waals surface area contributed by atoms with Crippen LogP contribution in [0.5, 0.6) is 17.5 Å². The van der Waals surface area contributed by atoms with E-state index in [0.717, 1.165) is 12.0 Å². The molecule has 102 valence electrons. The molecule has 1 aromatic carbocycles. The molecule has 0 fully saturated rings. The summed E-state index contributed by atoms with van der Waals surface area (Å²) in [6.45, 7) is 3.85. The minimum atomic E-state index is 0.143. The molecule has 1 aromatic heterocycles. The monoisotopic (exact) mass is 269 g/mol. The number of aryl methyl sites for hydroxylation is 2. The minimum Gasteiger partial charge on any atom is -0.493 e. The van der Waals surface area contributed by atoms with E-state index in [-0.39, 0.29) is 11.7 Å². The summed E-state index contributed by atoms with van der Waals surface area (Å²) in [6, 6.07) is 9.41. The lowest BCUT2D eigenvalue weighted by molar-refractivity contribution is 0.367. The van der Waals surface area contributed by atoms with Gasteiger partial charge in [0, 0.05) is 5.69 Å². The minimum absolute atomic E-state index is 0.143. The van der Waals surface area contributed by atoms with Crippen molar-refractivity contribution in [3.8, 4) is 23.6 Å². The average molecular weight is 269 g/mol. The fourth-order valence-electron chi connectivity index (χ4n) is 1.76. The molecule has 5 heteroatoms. The molecule has 0 aliphatic carbocycles. The molecule has 0 saturated heterocycles. The van der Waals surface area contributed by atoms with Crippen molar-refractivity contribution in [2.24, 2.45) is 0 Å². The number of rotatable bonds is 4. The van der Waals surface area contributed by atoms with E-state index in [4.69, 9.17) is 14.7 Å². The van der Waals surface area contributed by atoms with Gasteiger partial charge in [-0.25, -0.2) is 4.98 Å². The SMILES string of the molecule is CCc1ccc(Oc2nc(C)cc(C#N)n2)c(OC)c1. The number of aromatic nitrogens is 2. The van der Waals surface area contributed by atoms with Gasteiger partial charge in [-0.05, 0) is 37.1 Å². The van der Waals surface area contributed by atoms with Gasteiger partial charge in [-0.1, -0.05) is 13.0 Å². The molecule has 0 bridgehead atoms. The molecule has 0 spiro atoms.